The van der Waals surface area contributed by atoms with E-state index in [0.29, 0.717) is 12.6 Å². The molecule has 4 nitrogen and oxygen atoms in total. The van der Waals surface area contributed by atoms with Gasteiger partial charge < -0.3 is 10.6 Å². The van der Waals surface area contributed by atoms with Gasteiger partial charge in [0, 0.05) is 23.7 Å². The van der Waals surface area contributed by atoms with Gasteiger partial charge in [-0.25, -0.2) is 9.98 Å². The molecule has 0 saturated heterocycles. The fraction of sp³-hybridized carbons (Fsp3) is 0.750. The molecule has 1 unspecified atom stereocenters. The van der Waals surface area contributed by atoms with Gasteiger partial charge in [-0.15, -0.1) is 11.3 Å². The van der Waals surface area contributed by atoms with E-state index < -0.39 is 0 Å². The summed E-state index contributed by atoms with van der Waals surface area (Å²) in [7, 11) is 0. The number of thiazole rings is 1. The van der Waals surface area contributed by atoms with Gasteiger partial charge in [-0.2, -0.15) is 0 Å². The molecule has 1 rings (SSSR count). The number of rotatable bonds is 8. The highest BCUT2D eigenvalue weighted by atomic mass is 32.1. The minimum absolute atomic E-state index is 0.449. The van der Waals surface area contributed by atoms with Gasteiger partial charge in [0.1, 0.15) is 0 Å². The summed E-state index contributed by atoms with van der Waals surface area (Å²) in [5.74, 6) is 1.69. The van der Waals surface area contributed by atoms with Crippen LogP contribution in [0.1, 0.15) is 56.8 Å². The molecule has 0 saturated carbocycles. The topological polar surface area (TPSA) is 49.3 Å². The van der Waals surface area contributed by atoms with Gasteiger partial charge in [-0.05, 0) is 33.1 Å². The van der Waals surface area contributed by atoms with Crippen LogP contribution in [0.5, 0.6) is 0 Å². The quantitative estimate of drug-likeness (QED) is 0.568. The fourth-order valence-electron chi connectivity index (χ4n) is 2.09. The van der Waals surface area contributed by atoms with Crippen LogP contribution in [0.15, 0.2) is 11.2 Å². The van der Waals surface area contributed by atoms with E-state index in [1.807, 2.05) is 13.1 Å². The molecule has 0 aliphatic heterocycles. The number of nitrogens with zero attached hydrogens (tertiary/aromatic N) is 2. The lowest BCUT2D eigenvalue weighted by Gasteiger charge is -2.18. The van der Waals surface area contributed by atoms with E-state index in [4.69, 9.17) is 0 Å². The molecule has 0 spiro atoms. The first-order chi connectivity index (χ1) is 10.0. The Morgan fingerprint density at radius 1 is 1.33 bits per heavy atom. The average molecular weight is 311 g/mol. The normalized spacial score (nSPS) is 13.5. The van der Waals surface area contributed by atoms with E-state index >= 15 is 0 Å². The number of aromatic nitrogens is 1. The number of hydrogen-bond acceptors (Lipinski definition) is 3. The second kappa shape index (κ2) is 9.77. The smallest absolute Gasteiger partial charge is 0.191 e. The molecule has 1 aromatic heterocycles. The second-order valence-corrected chi connectivity index (χ2v) is 7.23. The van der Waals surface area contributed by atoms with Crippen LogP contribution in [0.25, 0.3) is 0 Å². The van der Waals surface area contributed by atoms with Gasteiger partial charge in [0.2, 0.25) is 0 Å². The molecular formula is C16H30N4S. The number of guanidine groups is 1. The monoisotopic (exact) mass is 310 g/mol. The van der Waals surface area contributed by atoms with Gasteiger partial charge in [-0.1, -0.05) is 26.7 Å². The third-order valence-electron chi connectivity index (χ3n) is 3.21. The van der Waals surface area contributed by atoms with Gasteiger partial charge in [0.25, 0.3) is 0 Å². The third-order valence-corrected chi connectivity index (χ3v) is 4.11. The predicted octanol–water partition coefficient (Wildman–Crippen LogP) is 3.72. The molecule has 0 bridgehead atoms. The molecule has 0 aromatic carbocycles. The van der Waals surface area contributed by atoms with Crippen molar-refractivity contribution in [2.24, 2.45) is 10.9 Å². The van der Waals surface area contributed by atoms with Gasteiger partial charge in [0.15, 0.2) is 5.96 Å². The van der Waals surface area contributed by atoms with Crippen molar-refractivity contribution >= 4 is 17.3 Å². The molecule has 21 heavy (non-hydrogen) atoms. The molecule has 0 radical (unpaired) electrons. The molecule has 0 aliphatic carbocycles. The lowest BCUT2D eigenvalue weighted by atomic mass is 10.0. The molecule has 0 amide bonds. The largest absolute Gasteiger partial charge is 0.357 e. The summed E-state index contributed by atoms with van der Waals surface area (Å²) in [4.78, 5) is 10.1. The van der Waals surface area contributed by atoms with Crippen LogP contribution >= 0.6 is 11.3 Å². The lowest BCUT2D eigenvalue weighted by molar-refractivity contribution is 0.491. The summed E-state index contributed by atoms with van der Waals surface area (Å²) in [6.45, 7) is 12.5. The summed E-state index contributed by atoms with van der Waals surface area (Å²) in [5.41, 5.74) is 0. The standard InChI is InChI=1S/C16H30N4S/c1-6-17-16(19-11-15-10-18-14(5)21-15)20-13(4)9-7-8-12(2)3/h10,12-13H,6-9,11H2,1-5H3,(H2,17,19,20). The van der Waals surface area contributed by atoms with E-state index in [-0.39, 0.29) is 0 Å². The Kier molecular flexibility index (Phi) is 8.35. The number of hydrogen-bond donors (Lipinski definition) is 2. The molecule has 5 heteroatoms. The molecule has 1 aromatic rings. The van der Waals surface area contributed by atoms with Crippen molar-refractivity contribution in [3.63, 3.8) is 0 Å². The van der Waals surface area contributed by atoms with E-state index in [9.17, 15) is 0 Å². The summed E-state index contributed by atoms with van der Waals surface area (Å²) < 4.78 is 0. The summed E-state index contributed by atoms with van der Waals surface area (Å²) in [6, 6.07) is 0.449. The van der Waals surface area contributed by atoms with Crippen molar-refractivity contribution in [2.75, 3.05) is 6.54 Å². The van der Waals surface area contributed by atoms with Crippen LogP contribution in [-0.2, 0) is 6.54 Å². The molecule has 120 valence electrons. The van der Waals surface area contributed by atoms with Crippen LogP contribution in [0, 0.1) is 12.8 Å². The number of aryl methyl sites for hydroxylation is 1. The first-order valence-electron chi connectivity index (χ1n) is 7.97. The summed E-state index contributed by atoms with van der Waals surface area (Å²) >= 11 is 1.71. The van der Waals surface area contributed by atoms with Crippen LogP contribution in [0.3, 0.4) is 0 Å². The van der Waals surface area contributed by atoms with Crippen LogP contribution in [0.2, 0.25) is 0 Å². The van der Waals surface area contributed by atoms with E-state index in [1.54, 1.807) is 11.3 Å². The Bertz CT molecular complexity index is 426. The predicted molar refractivity (Wildman–Crippen MR) is 93.0 cm³/mol. The summed E-state index contributed by atoms with van der Waals surface area (Å²) in [5, 5.41) is 7.90. The third kappa shape index (κ3) is 8.05. The van der Waals surface area contributed by atoms with E-state index in [2.05, 4.69) is 48.3 Å². The Labute approximate surface area is 133 Å². The van der Waals surface area contributed by atoms with Crippen LogP contribution in [-0.4, -0.2) is 23.5 Å². The molecular weight excluding hydrogens is 280 g/mol. The Balaban J connectivity index is 2.44. The van der Waals surface area contributed by atoms with E-state index in [0.717, 1.165) is 23.4 Å². The minimum atomic E-state index is 0.449. The lowest BCUT2D eigenvalue weighted by Crippen LogP contribution is -2.42. The molecule has 2 N–H and O–H groups in total. The highest BCUT2D eigenvalue weighted by molar-refractivity contribution is 7.11. The first-order valence-corrected chi connectivity index (χ1v) is 8.79. The molecule has 0 aliphatic rings. The maximum Gasteiger partial charge on any atom is 0.191 e. The fourth-order valence-corrected chi connectivity index (χ4v) is 2.81. The zero-order valence-corrected chi connectivity index (χ0v) is 14.9. The first kappa shape index (κ1) is 18.0. The van der Waals surface area contributed by atoms with Crippen molar-refractivity contribution < 1.29 is 0 Å². The summed E-state index contributed by atoms with van der Waals surface area (Å²) in [6.07, 6.45) is 5.65. The van der Waals surface area contributed by atoms with Crippen molar-refractivity contribution in [1.82, 2.24) is 15.6 Å². The van der Waals surface area contributed by atoms with Crippen molar-refractivity contribution in [3.8, 4) is 0 Å². The van der Waals surface area contributed by atoms with Gasteiger partial charge in [-0.3, -0.25) is 0 Å². The van der Waals surface area contributed by atoms with Gasteiger partial charge >= 0.3 is 0 Å². The Morgan fingerprint density at radius 2 is 2.10 bits per heavy atom. The van der Waals surface area contributed by atoms with Crippen LogP contribution in [0.4, 0.5) is 0 Å². The van der Waals surface area contributed by atoms with Crippen molar-refractivity contribution in [3.05, 3.63) is 16.1 Å². The highest BCUT2D eigenvalue weighted by Gasteiger charge is 2.06. The Morgan fingerprint density at radius 3 is 2.67 bits per heavy atom. The number of nitrogens with one attached hydrogen (secondary N) is 2. The SMILES string of the molecule is CCNC(=NCc1cnc(C)s1)NC(C)CCCC(C)C. The zero-order chi connectivity index (χ0) is 15.7. The molecule has 1 heterocycles. The van der Waals surface area contributed by atoms with Crippen LogP contribution < -0.4 is 10.6 Å². The Hall–Kier alpha value is -1.10. The van der Waals surface area contributed by atoms with Gasteiger partial charge in [0.05, 0.1) is 11.6 Å². The molecule has 0 fully saturated rings. The van der Waals surface area contributed by atoms with E-state index in [1.165, 1.54) is 24.1 Å². The number of aliphatic imine (C=N–C) groups is 1. The second-order valence-electron chi connectivity index (χ2n) is 5.91. The molecule has 1 atom stereocenters. The maximum atomic E-state index is 4.65. The minimum Gasteiger partial charge on any atom is -0.357 e. The zero-order valence-electron chi connectivity index (χ0n) is 14.1. The highest BCUT2D eigenvalue weighted by Crippen LogP contribution is 2.12. The average Bonchev–Trinajstić information content (AvgIpc) is 2.81. The van der Waals surface area contributed by atoms with Crippen molar-refractivity contribution in [2.45, 2.75) is 66.5 Å². The van der Waals surface area contributed by atoms with Crippen molar-refractivity contribution in [1.29, 1.82) is 0 Å². The maximum absolute atomic E-state index is 4.65.